The molecule has 6 aromatic rings. The van der Waals surface area contributed by atoms with Gasteiger partial charge in [-0.3, -0.25) is 15.3 Å². The summed E-state index contributed by atoms with van der Waals surface area (Å²) < 4.78 is 129. The first-order valence-corrected chi connectivity index (χ1v) is 15.0. The molecule has 3 heterocycles. The number of H-pyrrole nitrogens is 3. The minimum absolute atomic E-state index is 0. The van der Waals surface area contributed by atoms with Crippen molar-refractivity contribution < 1.29 is 66.1 Å². The standard InChI is InChI=1S/C11H8F3N4O.C11H10F3N3O.C11H9F3N2O.ClH/c1-6-4-10(18-17-6)19-7-2-3-9(16-15)8(5-7)11(12,13)14;1-6-4-10(17-16-6)18-7-2-3-9(15)8(5-7)11(12,13)14;1-7-5-10(16-15-7)17-9-4-2-3-8(6-9)11(12,13)14;/h2-5H,1H3,(H,17,18);2-5H,15H2,1H3,(H,16,17);2-6H,1H3,(H,15,16);1H/q+1;;;/p-1. The molecule has 0 aliphatic rings. The van der Waals surface area contributed by atoms with Crippen LogP contribution in [-0.2, 0) is 18.5 Å². The van der Waals surface area contributed by atoms with Crippen molar-refractivity contribution >= 4 is 11.4 Å². The molecule has 5 N–H and O–H groups in total. The Balaban J connectivity index is 0.000000220. The molecular weight excluding hydrogens is 777 g/mol. The summed E-state index contributed by atoms with van der Waals surface area (Å²) in [6, 6.07) is 15.7. The van der Waals surface area contributed by atoms with Gasteiger partial charge in [0, 0.05) is 53.1 Å². The summed E-state index contributed by atoms with van der Waals surface area (Å²) in [5.74, 6) is 0.673. The van der Waals surface area contributed by atoms with Crippen LogP contribution in [0.5, 0.6) is 34.9 Å². The molecule has 0 aliphatic carbocycles. The van der Waals surface area contributed by atoms with Gasteiger partial charge in [0.15, 0.2) is 10.5 Å². The Morgan fingerprint density at radius 2 is 0.982 bits per heavy atom. The summed E-state index contributed by atoms with van der Waals surface area (Å²) in [6.07, 6.45) is -13.5. The van der Waals surface area contributed by atoms with Gasteiger partial charge in [-0.05, 0) is 63.2 Å². The van der Waals surface area contributed by atoms with E-state index >= 15 is 0 Å². The lowest BCUT2D eigenvalue weighted by Crippen LogP contribution is -3.00. The number of nitrogens with zero attached hydrogens (tertiary/aromatic N) is 5. The Bertz CT molecular complexity index is 2220. The van der Waals surface area contributed by atoms with Gasteiger partial charge in [-0.2, -0.15) is 39.5 Å². The van der Waals surface area contributed by atoms with E-state index in [0.717, 1.165) is 47.8 Å². The summed E-state index contributed by atoms with van der Waals surface area (Å²) in [6.45, 7) is 5.25. The lowest BCUT2D eigenvalue weighted by molar-refractivity contribution is -0.138. The van der Waals surface area contributed by atoms with Crippen LogP contribution in [0.25, 0.3) is 4.98 Å². The number of anilines is 1. The second-order valence-electron chi connectivity index (χ2n) is 11.0. The minimum atomic E-state index is -4.64. The quantitative estimate of drug-likeness (QED) is 0.0757. The Morgan fingerprint density at radius 1 is 0.564 bits per heavy atom. The number of nitrogens with two attached hydrogens (primary N) is 1. The molecule has 12 nitrogen and oxygen atoms in total. The maximum atomic E-state index is 12.7. The molecule has 0 spiro atoms. The number of diazo groups is 1. The zero-order valence-electron chi connectivity index (χ0n) is 28.3. The zero-order valence-corrected chi connectivity index (χ0v) is 29.1. The zero-order chi connectivity index (χ0) is 39.8. The molecule has 0 atom stereocenters. The maximum Gasteiger partial charge on any atom is 0.424 e. The van der Waals surface area contributed by atoms with Crippen LogP contribution in [-0.4, -0.2) is 30.6 Å². The predicted molar refractivity (Wildman–Crippen MR) is 174 cm³/mol. The third kappa shape index (κ3) is 12.6. The smallest absolute Gasteiger partial charge is 0.424 e. The van der Waals surface area contributed by atoms with Crippen LogP contribution in [0.4, 0.5) is 50.9 Å². The fourth-order valence-corrected chi connectivity index (χ4v) is 4.17. The summed E-state index contributed by atoms with van der Waals surface area (Å²) in [4.78, 5) is 2.59. The lowest BCUT2D eigenvalue weighted by atomic mass is 10.1. The Kier molecular flexibility index (Phi) is 13.8. The molecule has 22 heteroatoms. The molecule has 3 aromatic carbocycles. The van der Waals surface area contributed by atoms with Crippen LogP contribution in [0.1, 0.15) is 33.8 Å². The average Bonchev–Trinajstić information content (AvgIpc) is 3.82. The normalized spacial score (nSPS) is 11.2. The summed E-state index contributed by atoms with van der Waals surface area (Å²) in [7, 11) is 0. The molecule has 0 unspecified atom stereocenters. The molecule has 0 fully saturated rings. The highest BCUT2D eigenvalue weighted by Gasteiger charge is 2.39. The number of aromatic amines is 3. The molecule has 0 aliphatic heterocycles. The molecule has 292 valence electrons. The molecule has 0 saturated carbocycles. The van der Waals surface area contributed by atoms with E-state index in [0.29, 0.717) is 5.69 Å². The molecule has 6 rings (SSSR count). The third-order valence-corrected chi connectivity index (χ3v) is 6.59. The topological polar surface area (TPSA) is 168 Å². The second kappa shape index (κ2) is 17.6. The number of halogens is 10. The van der Waals surface area contributed by atoms with Crippen LogP contribution in [0, 0.1) is 26.2 Å². The monoisotopic (exact) mass is 803 g/mol. The number of rotatable bonds is 6. The fraction of sp³-hybridized carbons (Fsp3) is 0.182. The highest BCUT2D eigenvalue weighted by Crippen LogP contribution is 2.40. The minimum Gasteiger partial charge on any atom is -1.00 e. The van der Waals surface area contributed by atoms with E-state index in [2.05, 4.69) is 35.6 Å². The van der Waals surface area contributed by atoms with Crippen LogP contribution in [0.15, 0.2) is 78.9 Å². The molecule has 0 saturated heterocycles. The second-order valence-corrected chi connectivity index (χ2v) is 11.0. The predicted octanol–water partition coefficient (Wildman–Crippen LogP) is 7.66. The van der Waals surface area contributed by atoms with Crippen molar-refractivity contribution in [2.75, 3.05) is 5.73 Å². The van der Waals surface area contributed by atoms with Gasteiger partial charge >= 0.3 is 24.2 Å². The van der Waals surface area contributed by atoms with Gasteiger partial charge in [-0.25, -0.2) is 0 Å². The highest BCUT2D eigenvalue weighted by atomic mass is 35.5. The van der Waals surface area contributed by atoms with E-state index in [9.17, 15) is 39.5 Å². The third-order valence-electron chi connectivity index (χ3n) is 6.59. The maximum absolute atomic E-state index is 12.7. The summed E-state index contributed by atoms with van der Waals surface area (Å²) >= 11 is 0. The van der Waals surface area contributed by atoms with Crippen molar-refractivity contribution in [3.8, 4) is 34.9 Å². The molecular formula is C33H27ClF9N9O3. The number of hydrogen-bond acceptors (Lipinski definition) is 8. The number of nitrogen functional groups attached to an aromatic ring is 1. The average molecular weight is 804 g/mol. The van der Waals surface area contributed by atoms with E-state index in [1.165, 1.54) is 30.3 Å². The fourth-order valence-electron chi connectivity index (χ4n) is 4.17. The van der Waals surface area contributed by atoms with Crippen LogP contribution in [0.3, 0.4) is 0 Å². The van der Waals surface area contributed by atoms with Gasteiger partial charge in [0.25, 0.3) is 0 Å². The van der Waals surface area contributed by atoms with Crippen LogP contribution < -0.4 is 32.4 Å². The van der Waals surface area contributed by atoms with E-state index in [1.807, 2.05) is 0 Å². The molecule has 0 amide bonds. The SMILES string of the molecule is Cc1cc(Oc2ccc(N)c(C(F)(F)F)c2)n[nH]1.Cc1cc(Oc2ccc([N+]#N)c(C(F)(F)F)c2)n[nH]1.Cc1cc(Oc2cccc(C(F)(F)F)c2)n[nH]1.[Cl-]. The largest absolute Gasteiger partial charge is 1.00 e. The van der Waals surface area contributed by atoms with Crippen molar-refractivity contribution in [1.29, 1.82) is 5.39 Å². The van der Waals surface area contributed by atoms with Crippen molar-refractivity contribution in [2.24, 2.45) is 0 Å². The number of benzene rings is 3. The van der Waals surface area contributed by atoms with Gasteiger partial charge in [-0.15, -0.1) is 15.3 Å². The van der Waals surface area contributed by atoms with Gasteiger partial charge < -0.3 is 32.4 Å². The summed E-state index contributed by atoms with van der Waals surface area (Å²) in [5.41, 5.74) is 3.84. The van der Waals surface area contributed by atoms with Crippen molar-refractivity contribution in [3.05, 3.63) is 118 Å². The van der Waals surface area contributed by atoms with E-state index in [1.54, 1.807) is 32.9 Å². The lowest BCUT2D eigenvalue weighted by Gasteiger charge is -2.11. The van der Waals surface area contributed by atoms with Crippen LogP contribution >= 0.6 is 0 Å². The van der Waals surface area contributed by atoms with E-state index in [4.69, 9.17) is 25.3 Å². The number of alkyl halides is 9. The number of hydrogen-bond donors (Lipinski definition) is 4. The van der Waals surface area contributed by atoms with Crippen molar-refractivity contribution in [2.45, 2.75) is 39.3 Å². The van der Waals surface area contributed by atoms with Crippen LogP contribution in [0.2, 0.25) is 0 Å². The Labute approximate surface area is 310 Å². The number of ether oxygens (including phenoxy) is 3. The van der Waals surface area contributed by atoms with E-state index < -0.39 is 40.9 Å². The molecule has 3 aromatic heterocycles. The number of nitrogens with one attached hydrogen (secondary N) is 3. The van der Waals surface area contributed by atoms with Crippen molar-refractivity contribution in [3.63, 3.8) is 0 Å². The first-order valence-electron chi connectivity index (χ1n) is 15.0. The van der Waals surface area contributed by atoms with Gasteiger partial charge in [0.2, 0.25) is 23.0 Å². The number of aromatic nitrogens is 6. The molecule has 55 heavy (non-hydrogen) atoms. The Morgan fingerprint density at radius 3 is 1.36 bits per heavy atom. The highest BCUT2D eigenvalue weighted by molar-refractivity contribution is 5.56. The van der Waals surface area contributed by atoms with E-state index in [-0.39, 0.29) is 53.0 Å². The van der Waals surface area contributed by atoms with Crippen molar-refractivity contribution in [1.82, 2.24) is 30.6 Å². The molecule has 0 radical (unpaired) electrons. The summed E-state index contributed by atoms with van der Waals surface area (Å²) in [5, 5.41) is 27.7. The first-order chi connectivity index (χ1) is 25.2. The van der Waals surface area contributed by atoms with Gasteiger partial charge in [-0.1, -0.05) is 6.07 Å². The van der Waals surface area contributed by atoms with Gasteiger partial charge in [0.1, 0.15) is 17.2 Å². The Hall–Kier alpha value is -6.43. The van der Waals surface area contributed by atoms with Gasteiger partial charge in [0.05, 0.1) is 11.1 Å². The molecule has 0 bridgehead atoms. The number of aryl methyl sites for hydroxylation is 3. The first kappa shape index (κ1) is 43.0.